The Morgan fingerprint density at radius 3 is 3.00 bits per heavy atom. The van der Waals surface area contributed by atoms with Gasteiger partial charge in [-0.25, -0.2) is 4.39 Å². The number of likely N-dealkylation sites (N-methyl/N-ethyl adjacent to an activating group) is 1. The van der Waals surface area contributed by atoms with Crippen LogP contribution in [0.2, 0.25) is 0 Å². The van der Waals surface area contributed by atoms with Gasteiger partial charge in [0.25, 0.3) is 0 Å². The predicted octanol–water partition coefficient (Wildman–Crippen LogP) is 1.98. The van der Waals surface area contributed by atoms with Gasteiger partial charge in [-0.15, -0.1) is 0 Å². The summed E-state index contributed by atoms with van der Waals surface area (Å²) in [6, 6.07) is 4.53. The normalized spacial score (nSPS) is 21.7. The molecule has 0 aliphatic carbocycles. The van der Waals surface area contributed by atoms with E-state index in [1.54, 1.807) is 19.1 Å². The molecule has 1 aliphatic rings. The van der Waals surface area contributed by atoms with Crippen LogP contribution in [-0.4, -0.2) is 49.0 Å². The van der Waals surface area contributed by atoms with E-state index in [0.29, 0.717) is 18.8 Å². The van der Waals surface area contributed by atoms with Gasteiger partial charge in [0, 0.05) is 13.1 Å². The molecule has 0 radical (unpaired) electrons. The van der Waals surface area contributed by atoms with Crippen molar-refractivity contribution in [2.75, 3.05) is 32.8 Å². The maximum absolute atomic E-state index is 13.8. The average molecular weight is 283 g/mol. The molecule has 4 nitrogen and oxygen atoms in total. The summed E-state index contributed by atoms with van der Waals surface area (Å²) in [5.41, 5.74) is 0.543. The second kappa shape index (κ2) is 7.02. The second-order valence-electron chi connectivity index (χ2n) is 5.06. The van der Waals surface area contributed by atoms with Crippen molar-refractivity contribution >= 4 is 0 Å². The van der Waals surface area contributed by atoms with Crippen LogP contribution in [0.1, 0.15) is 25.5 Å². The lowest BCUT2D eigenvalue weighted by atomic mass is 10.1. The van der Waals surface area contributed by atoms with E-state index >= 15 is 0 Å². The van der Waals surface area contributed by atoms with E-state index in [0.717, 1.165) is 19.6 Å². The molecule has 2 atom stereocenters. The Morgan fingerprint density at radius 1 is 1.55 bits per heavy atom. The lowest BCUT2D eigenvalue weighted by Gasteiger charge is -2.31. The minimum atomic E-state index is -0.682. The first-order valence-corrected chi connectivity index (χ1v) is 7.04. The molecule has 1 aromatic rings. The van der Waals surface area contributed by atoms with Gasteiger partial charge in [-0.05, 0) is 31.2 Å². The highest BCUT2D eigenvalue weighted by molar-refractivity contribution is 5.30. The lowest BCUT2D eigenvalue weighted by molar-refractivity contribution is -0.0468. The SMILES string of the molecule is CCN1CCOC(COc2ccc(C(C)O)cc2F)C1. The van der Waals surface area contributed by atoms with Gasteiger partial charge in [0.2, 0.25) is 0 Å². The molecule has 1 heterocycles. The highest BCUT2D eigenvalue weighted by atomic mass is 19.1. The fourth-order valence-electron chi connectivity index (χ4n) is 2.25. The Hall–Kier alpha value is -1.17. The van der Waals surface area contributed by atoms with Crippen LogP contribution in [-0.2, 0) is 4.74 Å². The zero-order valence-corrected chi connectivity index (χ0v) is 12.0. The molecule has 2 unspecified atom stereocenters. The summed E-state index contributed by atoms with van der Waals surface area (Å²) in [4.78, 5) is 2.28. The summed E-state index contributed by atoms with van der Waals surface area (Å²) in [6.07, 6.45) is -0.710. The first-order valence-electron chi connectivity index (χ1n) is 7.04. The third-order valence-corrected chi connectivity index (χ3v) is 3.53. The molecule has 20 heavy (non-hydrogen) atoms. The number of hydrogen-bond acceptors (Lipinski definition) is 4. The van der Waals surface area contributed by atoms with E-state index in [9.17, 15) is 9.50 Å². The summed E-state index contributed by atoms with van der Waals surface area (Å²) in [5, 5.41) is 9.40. The van der Waals surface area contributed by atoms with Crippen LogP contribution in [0, 0.1) is 5.82 Å². The lowest BCUT2D eigenvalue weighted by Crippen LogP contribution is -2.44. The van der Waals surface area contributed by atoms with Gasteiger partial charge in [0.1, 0.15) is 12.7 Å². The van der Waals surface area contributed by atoms with Gasteiger partial charge in [-0.3, -0.25) is 4.90 Å². The van der Waals surface area contributed by atoms with Crippen LogP contribution in [0.15, 0.2) is 18.2 Å². The van der Waals surface area contributed by atoms with Gasteiger partial charge in [-0.1, -0.05) is 13.0 Å². The van der Waals surface area contributed by atoms with E-state index in [1.807, 2.05) is 0 Å². The standard InChI is InChI=1S/C15H22FNO3/c1-3-17-6-7-19-13(9-17)10-20-15-5-4-12(11(2)18)8-14(15)16/h4-5,8,11,13,18H,3,6-7,9-10H2,1-2H3. The molecule has 1 saturated heterocycles. The Balaban J connectivity index is 1.90. The van der Waals surface area contributed by atoms with Crippen molar-refractivity contribution in [1.29, 1.82) is 0 Å². The number of benzene rings is 1. The maximum Gasteiger partial charge on any atom is 0.165 e. The number of morpholine rings is 1. The fourth-order valence-corrected chi connectivity index (χ4v) is 2.25. The van der Waals surface area contributed by atoms with E-state index in [4.69, 9.17) is 9.47 Å². The number of nitrogens with zero attached hydrogens (tertiary/aromatic N) is 1. The Morgan fingerprint density at radius 2 is 2.35 bits per heavy atom. The maximum atomic E-state index is 13.8. The molecule has 1 aliphatic heterocycles. The quantitative estimate of drug-likeness (QED) is 0.897. The molecule has 5 heteroatoms. The summed E-state index contributed by atoms with van der Waals surface area (Å²) in [7, 11) is 0. The Bertz CT molecular complexity index is 439. The van der Waals surface area contributed by atoms with Crippen LogP contribution in [0.4, 0.5) is 4.39 Å². The predicted molar refractivity (Wildman–Crippen MR) is 74.4 cm³/mol. The van der Waals surface area contributed by atoms with Gasteiger partial charge in [0.15, 0.2) is 11.6 Å². The van der Waals surface area contributed by atoms with Crippen LogP contribution in [0.25, 0.3) is 0 Å². The van der Waals surface area contributed by atoms with Gasteiger partial charge in [0.05, 0.1) is 12.7 Å². The first kappa shape index (κ1) is 15.2. The summed E-state index contributed by atoms with van der Waals surface area (Å²) in [6.45, 7) is 7.46. The highest BCUT2D eigenvalue weighted by Gasteiger charge is 2.20. The number of aliphatic hydroxyl groups is 1. The molecular weight excluding hydrogens is 261 g/mol. The minimum absolute atomic E-state index is 0.0282. The second-order valence-corrected chi connectivity index (χ2v) is 5.06. The van der Waals surface area contributed by atoms with Gasteiger partial charge >= 0.3 is 0 Å². The molecule has 2 rings (SSSR count). The van der Waals surface area contributed by atoms with Crippen molar-refractivity contribution in [2.45, 2.75) is 26.1 Å². The summed E-state index contributed by atoms with van der Waals surface area (Å²) in [5.74, 6) is -0.252. The van der Waals surface area contributed by atoms with Crippen molar-refractivity contribution < 1.29 is 19.0 Å². The van der Waals surface area contributed by atoms with Gasteiger partial charge in [-0.2, -0.15) is 0 Å². The van der Waals surface area contributed by atoms with E-state index in [1.165, 1.54) is 6.07 Å². The van der Waals surface area contributed by atoms with Crippen molar-refractivity contribution in [2.24, 2.45) is 0 Å². The number of halogens is 1. The molecule has 0 bridgehead atoms. The number of hydrogen-bond donors (Lipinski definition) is 1. The molecular formula is C15H22FNO3. The zero-order valence-electron chi connectivity index (χ0n) is 12.0. The van der Waals surface area contributed by atoms with Gasteiger partial charge < -0.3 is 14.6 Å². The monoisotopic (exact) mass is 283 g/mol. The highest BCUT2D eigenvalue weighted by Crippen LogP contribution is 2.22. The Kier molecular flexibility index (Phi) is 5.34. The van der Waals surface area contributed by atoms with Crippen molar-refractivity contribution in [3.8, 4) is 5.75 Å². The topological polar surface area (TPSA) is 41.9 Å². The molecule has 1 N–H and O–H groups in total. The fraction of sp³-hybridized carbons (Fsp3) is 0.600. The minimum Gasteiger partial charge on any atom is -0.488 e. The van der Waals surface area contributed by atoms with Crippen molar-refractivity contribution in [3.05, 3.63) is 29.6 Å². The van der Waals surface area contributed by atoms with Crippen molar-refractivity contribution in [1.82, 2.24) is 4.90 Å². The number of rotatable bonds is 5. The Labute approximate surface area is 119 Å². The third-order valence-electron chi connectivity index (χ3n) is 3.53. The number of ether oxygens (including phenoxy) is 2. The van der Waals surface area contributed by atoms with Crippen molar-refractivity contribution in [3.63, 3.8) is 0 Å². The van der Waals surface area contributed by atoms with Crippen LogP contribution in [0.5, 0.6) is 5.75 Å². The van der Waals surface area contributed by atoms with Crippen LogP contribution < -0.4 is 4.74 Å². The molecule has 0 amide bonds. The summed E-state index contributed by atoms with van der Waals surface area (Å²) >= 11 is 0. The van der Waals surface area contributed by atoms with E-state index in [-0.39, 0.29) is 11.9 Å². The molecule has 1 fully saturated rings. The smallest absolute Gasteiger partial charge is 0.165 e. The number of aliphatic hydroxyl groups excluding tert-OH is 1. The molecule has 0 spiro atoms. The van der Waals surface area contributed by atoms with Crippen LogP contribution in [0.3, 0.4) is 0 Å². The first-order chi connectivity index (χ1) is 9.60. The molecule has 0 aromatic heterocycles. The van der Waals surface area contributed by atoms with Crippen LogP contribution >= 0.6 is 0 Å². The molecule has 112 valence electrons. The third kappa shape index (κ3) is 3.91. The van der Waals surface area contributed by atoms with E-state index in [2.05, 4.69) is 11.8 Å². The molecule has 1 aromatic carbocycles. The summed E-state index contributed by atoms with van der Waals surface area (Å²) < 4.78 is 24.9. The zero-order chi connectivity index (χ0) is 14.5. The molecule has 0 saturated carbocycles. The average Bonchev–Trinajstić information content (AvgIpc) is 2.46. The van der Waals surface area contributed by atoms with E-state index < -0.39 is 11.9 Å². The largest absolute Gasteiger partial charge is 0.488 e.